The van der Waals surface area contributed by atoms with Crippen molar-refractivity contribution in [3.63, 3.8) is 0 Å². The first-order valence-corrected chi connectivity index (χ1v) is 8.25. The maximum absolute atomic E-state index is 13.8. The van der Waals surface area contributed by atoms with Crippen LogP contribution in [0.25, 0.3) is 0 Å². The Balaban J connectivity index is 1.43. The van der Waals surface area contributed by atoms with Gasteiger partial charge in [-0.3, -0.25) is 4.90 Å². The van der Waals surface area contributed by atoms with Crippen LogP contribution in [0.2, 0.25) is 0 Å². The molecule has 21 heavy (non-hydrogen) atoms. The van der Waals surface area contributed by atoms with E-state index in [1.807, 2.05) is 12.1 Å². The summed E-state index contributed by atoms with van der Waals surface area (Å²) in [6.07, 6.45) is 4.00. The van der Waals surface area contributed by atoms with E-state index in [4.69, 9.17) is 0 Å². The van der Waals surface area contributed by atoms with Crippen molar-refractivity contribution in [2.45, 2.75) is 19.3 Å². The zero-order valence-electron chi connectivity index (χ0n) is 12.7. The number of para-hydroxylation sites is 1. The molecule has 2 saturated heterocycles. The molecule has 1 unspecified atom stereocenters. The fourth-order valence-electron chi connectivity index (χ4n) is 3.46. The Morgan fingerprint density at radius 2 is 1.95 bits per heavy atom. The Morgan fingerprint density at radius 3 is 2.67 bits per heavy atom. The summed E-state index contributed by atoms with van der Waals surface area (Å²) in [5, 5.41) is 3.49. The highest BCUT2D eigenvalue weighted by Gasteiger charge is 2.20. The molecule has 2 aliphatic rings. The molecule has 2 fully saturated rings. The van der Waals surface area contributed by atoms with Gasteiger partial charge in [0.25, 0.3) is 0 Å². The molecule has 0 bridgehead atoms. The van der Waals surface area contributed by atoms with E-state index in [1.165, 1.54) is 38.9 Å². The second-order valence-corrected chi connectivity index (χ2v) is 6.28. The van der Waals surface area contributed by atoms with E-state index in [2.05, 4.69) is 15.1 Å². The molecule has 0 amide bonds. The third-order valence-corrected chi connectivity index (χ3v) is 4.82. The first kappa shape index (κ1) is 14.8. The number of nitrogens with zero attached hydrogens (tertiary/aromatic N) is 2. The normalized spacial score (nSPS) is 24.2. The van der Waals surface area contributed by atoms with Crippen molar-refractivity contribution in [3.8, 4) is 0 Å². The Morgan fingerprint density at radius 1 is 1.14 bits per heavy atom. The summed E-state index contributed by atoms with van der Waals surface area (Å²) in [6, 6.07) is 7.12. The molecule has 3 nitrogen and oxygen atoms in total. The van der Waals surface area contributed by atoms with Gasteiger partial charge in [0.05, 0.1) is 5.69 Å². The van der Waals surface area contributed by atoms with Gasteiger partial charge in [0, 0.05) is 26.2 Å². The van der Waals surface area contributed by atoms with Crippen molar-refractivity contribution < 1.29 is 4.39 Å². The van der Waals surface area contributed by atoms with E-state index in [9.17, 15) is 4.39 Å². The van der Waals surface area contributed by atoms with Crippen molar-refractivity contribution in [1.29, 1.82) is 0 Å². The van der Waals surface area contributed by atoms with Crippen LogP contribution in [0, 0.1) is 11.7 Å². The van der Waals surface area contributed by atoms with Crippen LogP contribution in [0.5, 0.6) is 0 Å². The van der Waals surface area contributed by atoms with Crippen LogP contribution in [0.4, 0.5) is 10.1 Å². The van der Waals surface area contributed by atoms with Gasteiger partial charge in [0.1, 0.15) is 5.82 Å². The zero-order chi connectivity index (χ0) is 14.5. The SMILES string of the molecule is Fc1ccccc1N1CCN(CCC2CCCNC2)CC1. The number of benzene rings is 1. The lowest BCUT2D eigenvalue weighted by molar-refractivity contribution is 0.225. The molecule has 3 rings (SSSR count). The third-order valence-electron chi connectivity index (χ3n) is 4.82. The van der Waals surface area contributed by atoms with Gasteiger partial charge < -0.3 is 10.2 Å². The van der Waals surface area contributed by atoms with Crippen LogP contribution in [-0.2, 0) is 0 Å². The molecule has 4 heteroatoms. The number of rotatable bonds is 4. The molecule has 1 N–H and O–H groups in total. The molecule has 2 heterocycles. The third kappa shape index (κ3) is 3.95. The van der Waals surface area contributed by atoms with Crippen molar-refractivity contribution in [2.24, 2.45) is 5.92 Å². The summed E-state index contributed by atoms with van der Waals surface area (Å²) < 4.78 is 13.8. The molecule has 1 aromatic rings. The maximum Gasteiger partial charge on any atom is 0.146 e. The Kier molecular flexibility index (Phi) is 5.09. The van der Waals surface area contributed by atoms with E-state index in [1.54, 1.807) is 12.1 Å². The average Bonchev–Trinajstić information content (AvgIpc) is 2.55. The lowest BCUT2D eigenvalue weighted by Gasteiger charge is -2.37. The Hall–Kier alpha value is -1.13. The molecule has 0 aromatic heterocycles. The monoisotopic (exact) mass is 291 g/mol. The minimum Gasteiger partial charge on any atom is -0.367 e. The zero-order valence-corrected chi connectivity index (χ0v) is 12.7. The van der Waals surface area contributed by atoms with Gasteiger partial charge >= 0.3 is 0 Å². The van der Waals surface area contributed by atoms with Gasteiger partial charge in [-0.15, -0.1) is 0 Å². The molecule has 0 saturated carbocycles. The van der Waals surface area contributed by atoms with Crippen LogP contribution in [0.3, 0.4) is 0 Å². The summed E-state index contributed by atoms with van der Waals surface area (Å²) >= 11 is 0. The van der Waals surface area contributed by atoms with Gasteiger partial charge in [-0.25, -0.2) is 4.39 Å². The van der Waals surface area contributed by atoms with E-state index in [0.29, 0.717) is 0 Å². The van der Waals surface area contributed by atoms with Crippen LogP contribution in [0.1, 0.15) is 19.3 Å². The molecule has 0 spiro atoms. The summed E-state index contributed by atoms with van der Waals surface area (Å²) in [5.41, 5.74) is 0.758. The van der Waals surface area contributed by atoms with Crippen LogP contribution in [-0.4, -0.2) is 50.7 Å². The van der Waals surface area contributed by atoms with Crippen molar-refractivity contribution in [3.05, 3.63) is 30.1 Å². The highest BCUT2D eigenvalue weighted by Crippen LogP contribution is 2.21. The molecule has 1 aromatic carbocycles. The Bertz CT molecular complexity index is 437. The van der Waals surface area contributed by atoms with E-state index >= 15 is 0 Å². The molecule has 0 aliphatic carbocycles. The average molecular weight is 291 g/mol. The first-order chi connectivity index (χ1) is 10.3. The van der Waals surface area contributed by atoms with Gasteiger partial charge in [-0.2, -0.15) is 0 Å². The lowest BCUT2D eigenvalue weighted by Crippen LogP contribution is -2.47. The largest absolute Gasteiger partial charge is 0.367 e. The van der Waals surface area contributed by atoms with Gasteiger partial charge in [0.2, 0.25) is 0 Å². The predicted octanol–water partition coefficient (Wildman–Crippen LogP) is 2.34. The number of piperidine rings is 1. The van der Waals surface area contributed by atoms with Crippen LogP contribution < -0.4 is 10.2 Å². The van der Waals surface area contributed by atoms with Gasteiger partial charge in [0.15, 0.2) is 0 Å². The summed E-state index contributed by atoms with van der Waals surface area (Å²) in [5.74, 6) is 0.752. The predicted molar refractivity (Wildman–Crippen MR) is 85.3 cm³/mol. The van der Waals surface area contributed by atoms with Crippen LogP contribution >= 0.6 is 0 Å². The second-order valence-electron chi connectivity index (χ2n) is 6.28. The summed E-state index contributed by atoms with van der Waals surface area (Å²) in [7, 11) is 0. The highest BCUT2D eigenvalue weighted by atomic mass is 19.1. The van der Waals surface area contributed by atoms with Crippen molar-refractivity contribution in [2.75, 3.05) is 50.7 Å². The smallest absolute Gasteiger partial charge is 0.146 e. The second kappa shape index (κ2) is 7.23. The summed E-state index contributed by atoms with van der Waals surface area (Å²) in [6.45, 7) is 7.54. The molecule has 1 atom stereocenters. The quantitative estimate of drug-likeness (QED) is 0.918. The number of piperazine rings is 1. The number of hydrogen-bond acceptors (Lipinski definition) is 3. The first-order valence-electron chi connectivity index (χ1n) is 8.25. The van der Waals surface area contributed by atoms with E-state index in [-0.39, 0.29) is 5.82 Å². The van der Waals surface area contributed by atoms with E-state index in [0.717, 1.165) is 37.8 Å². The van der Waals surface area contributed by atoms with Crippen molar-refractivity contribution >= 4 is 5.69 Å². The summed E-state index contributed by atoms with van der Waals surface area (Å²) in [4.78, 5) is 4.71. The van der Waals surface area contributed by atoms with E-state index < -0.39 is 0 Å². The maximum atomic E-state index is 13.8. The van der Waals surface area contributed by atoms with Crippen molar-refractivity contribution in [1.82, 2.24) is 10.2 Å². The minimum atomic E-state index is -0.0979. The molecular formula is C17H26FN3. The molecule has 0 radical (unpaired) electrons. The topological polar surface area (TPSA) is 18.5 Å². The van der Waals surface area contributed by atoms with Gasteiger partial charge in [-0.05, 0) is 56.9 Å². The lowest BCUT2D eigenvalue weighted by atomic mass is 9.96. The number of halogens is 1. The highest BCUT2D eigenvalue weighted by molar-refractivity contribution is 5.47. The number of nitrogens with one attached hydrogen (secondary N) is 1. The number of anilines is 1. The minimum absolute atomic E-state index is 0.0979. The van der Waals surface area contributed by atoms with Crippen LogP contribution in [0.15, 0.2) is 24.3 Å². The molecule has 2 aliphatic heterocycles. The Labute approximate surface area is 127 Å². The van der Waals surface area contributed by atoms with Gasteiger partial charge in [-0.1, -0.05) is 12.1 Å². The fraction of sp³-hybridized carbons (Fsp3) is 0.647. The molecule has 116 valence electrons. The fourth-order valence-corrected chi connectivity index (χ4v) is 3.46. The standard InChI is InChI=1S/C17H26FN3/c18-16-5-1-2-6-17(16)21-12-10-20(11-13-21)9-7-15-4-3-8-19-14-15/h1-2,5-6,15,19H,3-4,7-14H2. The number of hydrogen-bond donors (Lipinski definition) is 1. The molecular weight excluding hydrogens is 265 g/mol.